The number of ether oxygens (including phenoxy) is 11. The molecule has 0 aromatic rings. The largest absolute Gasteiger partial charge is 0.509 e. The number of nitrogens with zero attached hydrogens (tertiary/aromatic N) is 2. The second-order valence-corrected chi connectivity index (χ2v) is 18.7. The minimum atomic E-state index is -1.63. The molecule has 18 atom stereocenters. The summed E-state index contributed by atoms with van der Waals surface area (Å²) in [5.74, 6) is -3.25. The monoisotopic (exact) mass is 875 g/mol. The fourth-order valence-electron chi connectivity index (χ4n) is 10.0. The van der Waals surface area contributed by atoms with Crippen molar-refractivity contribution in [2.45, 2.75) is 192 Å². The zero-order valence-corrected chi connectivity index (χ0v) is 39.2. The molecule has 18 nitrogen and oxygen atoms in total. The van der Waals surface area contributed by atoms with Gasteiger partial charge in [-0.3, -0.25) is 14.5 Å². The lowest BCUT2D eigenvalue weighted by molar-refractivity contribution is -0.319. The van der Waals surface area contributed by atoms with E-state index in [0.717, 1.165) is 0 Å². The van der Waals surface area contributed by atoms with Crippen molar-refractivity contribution in [1.82, 2.24) is 9.80 Å². The molecule has 0 aromatic carbocycles. The number of hydrogen-bond donors (Lipinski definition) is 1. The number of methoxy groups -OCH3 is 2. The summed E-state index contributed by atoms with van der Waals surface area (Å²) in [6.07, 6.45) is -9.63. The van der Waals surface area contributed by atoms with Crippen LogP contribution in [0.4, 0.5) is 9.59 Å². The van der Waals surface area contributed by atoms with Gasteiger partial charge in [0.2, 0.25) is 0 Å². The van der Waals surface area contributed by atoms with E-state index in [1.165, 1.54) is 21.1 Å². The SMILES string of the molecule is CC[C@H]1OC(=O)[C@H](C)[C@@H](O[C@H]2C[C@@](C)(OC)[C@@H](OC(=O)OC)[C@H](C)O2)[C@H](C)[C@@H](O[C@@H]2O[C@H](C)C[C@H](N(C)C)[C@H]2OC(C)=O)[C@](C)(O)C[C@@H](C)CN(C)[C@H](C)[C@H]2OC(=O)O[C@@]21C. The third-order valence-electron chi connectivity index (χ3n) is 13.3. The molecule has 1 N–H and O–H groups in total. The van der Waals surface area contributed by atoms with Gasteiger partial charge in [-0.05, 0) is 94.8 Å². The standard InChI is InChI=1S/C43H74N2O16/c1-17-30-43(11)35(59-40(49)61-43)26(6)45(14)21-22(2)19-41(9,50)34(58-38-33(55-28(8)46)29(44(12)13)18-23(3)53-38)24(4)32(25(5)37(47)56-30)57-31-20-42(10,52-16)36(27(7)54-31)60-39(48)51-15/h22-27,29-36,38,50H,17-21H2,1-16H3/t22-,23-,24+,25-,26-,27+,29+,30-,31+,32+,33-,34-,35-,36+,38+,41-,42-,43-/m1/s1. The molecular weight excluding hydrogens is 800 g/mol. The lowest BCUT2D eigenvalue weighted by Gasteiger charge is -2.49. The second-order valence-electron chi connectivity index (χ2n) is 18.7. The number of fused-ring (bicyclic) bond motifs is 1. The Balaban J connectivity index is 1.87. The van der Waals surface area contributed by atoms with Gasteiger partial charge >= 0.3 is 24.2 Å². The number of aliphatic hydroxyl groups is 1. The van der Waals surface area contributed by atoms with E-state index in [2.05, 4.69) is 0 Å². The van der Waals surface area contributed by atoms with Gasteiger partial charge < -0.3 is 62.1 Å². The Morgan fingerprint density at radius 3 is 2.15 bits per heavy atom. The van der Waals surface area contributed by atoms with Gasteiger partial charge in [0, 0.05) is 39.0 Å². The first-order chi connectivity index (χ1) is 28.3. The molecule has 0 bridgehead atoms. The van der Waals surface area contributed by atoms with Crippen LogP contribution in [0, 0.1) is 17.8 Å². The van der Waals surface area contributed by atoms with Crippen molar-refractivity contribution in [3.63, 3.8) is 0 Å². The molecule has 4 aliphatic heterocycles. The van der Waals surface area contributed by atoms with E-state index >= 15 is 0 Å². The van der Waals surface area contributed by atoms with Crippen LogP contribution in [-0.2, 0) is 61.7 Å². The molecule has 0 amide bonds. The Labute approximate surface area is 361 Å². The Morgan fingerprint density at radius 1 is 0.918 bits per heavy atom. The van der Waals surface area contributed by atoms with Crippen molar-refractivity contribution in [3.05, 3.63) is 0 Å². The highest BCUT2D eigenvalue weighted by Crippen LogP contribution is 2.42. The van der Waals surface area contributed by atoms with Crippen LogP contribution < -0.4 is 0 Å². The number of carbonyl (C=O) groups excluding carboxylic acids is 4. The van der Waals surface area contributed by atoms with Gasteiger partial charge in [-0.15, -0.1) is 0 Å². The van der Waals surface area contributed by atoms with Crippen LogP contribution in [0.3, 0.4) is 0 Å². The molecule has 61 heavy (non-hydrogen) atoms. The summed E-state index contributed by atoms with van der Waals surface area (Å²) in [6.45, 7) is 19.8. The maximum Gasteiger partial charge on any atom is 0.509 e. The lowest BCUT2D eigenvalue weighted by atomic mass is 9.77. The summed E-state index contributed by atoms with van der Waals surface area (Å²) in [5.41, 5.74) is -4.11. The van der Waals surface area contributed by atoms with Crippen molar-refractivity contribution in [2.75, 3.05) is 41.9 Å². The Kier molecular flexibility index (Phi) is 16.9. The van der Waals surface area contributed by atoms with E-state index in [1.54, 1.807) is 34.6 Å². The van der Waals surface area contributed by atoms with Crippen molar-refractivity contribution in [2.24, 2.45) is 17.8 Å². The summed E-state index contributed by atoms with van der Waals surface area (Å²) in [7, 11) is 8.37. The molecule has 0 saturated carbocycles. The average Bonchev–Trinajstić information content (AvgIpc) is 3.48. The van der Waals surface area contributed by atoms with E-state index in [4.69, 9.17) is 52.1 Å². The molecule has 4 heterocycles. The fraction of sp³-hybridized carbons (Fsp3) is 0.907. The summed E-state index contributed by atoms with van der Waals surface area (Å²) >= 11 is 0. The van der Waals surface area contributed by atoms with Crippen LogP contribution in [0.15, 0.2) is 0 Å². The molecule has 0 radical (unpaired) electrons. The fourth-order valence-corrected chi connectivity index (χ4v) is 10.0. The smallest absolute Gasteiger partial charge is 0.458 e. The van der Waals surface area contributed by atoms with Crippen LogP contribution in [0.2, 0.25) is 0 Å². The first-order valence-corrected chi connectivity index (χ1v) is 21.6. The zero-order chi connectivity index (χ0) is 45.9. The summed E-state index contributed by atoms with van der Waals surface area (Å²) in [4.78, 5) is 56.3. The zero-order valence-electron chi connectivity index (χ0n) is 39.2. The van der Waals surface area contributed by atoms with E-state index in [0.29, 0.717) is 13.0 Å². The molecule has 352 valence electrons. The topological polar surface area (TPSA) is 197 Å². The maximum absolute atomic E-state index is 14.7. The van der Waals surface area contributed by atoms with E-state index < -0.39 is 114 Å². The Bertz CT molecular complexity index is 1520. The lowest BCUT2D eigenvalue weighted by Crippen LogP contribution is -2.61. The summed E-state index contributed by atoms with van der Waals surface area (Å²) in [5, 5.41) is 12.8. The Morgan fingerprint density at radius 2 is 1.57 bits per heavy atom. The molecule has 0 aliphatic carbocycles. The predicted molar refractivity (Wildman–Crippen MR) is 218 cm³/mol. The van der Waals surface area contributed by atoms with Crippen molar-refractivity contribution in [1.29, 1.82) is 0 Å². The quantitative estimate of drug-likeness (QED) is 0.252. The molecule has 0 spiro atoms. The summed E-state index contributed by atoms with van der Waals surface area (Å²) < 4.78 is 66.8. The average molecular weight is 875 g/mol. The van der Waals surface area contributed by atoms with Gasteiger partial charge in [-0.1, -0.05) is 20.8 Å². The van der Waals surface area contributed by atoms with E-state index in [-0.39, 0.29) is 37.3 Å². The van der Waals surface area contributed by atoms with Crippen molar-refractivity contribution in [3.8, 4) is 0 Å². The third kappa shape index (κ3) is 11.5. The maximum atomic E-state index is 14.7. The first kappa shape index (κ1) is 50.8. The molecule has 4 saturated heterocycles. The molecule has 0 unspecified atom stereocenters. The molecule has 18 heteroatoms. The molecule has 4 aliphatic rings. The van der Waals surface area contributed by atoms with Gasteiger partial charge in [0.05, 0.1) is 49.1 Å². The normalized spacial score (nSPS) is 44.4. The van der Waals surface area contributed by atoms with Gasteiger partial charge in [-0.2, -0.15) is 0 Å². The number of hydrogen-bond acceptors (Lipinski definition) is 18. The highest BCUT2D eigenvalue weighted by atomic mass is 16.8. The van der Waals surface area contributed by atoms with Crippen molar-refractivity contribution < 1.29 is 76.4 Å². The van der Waals surface area contributed by atoms with Gasteiger partial charge in [0.1, 0.15) is 11.7 Å². The number of rotatable bonds is 9. The highest BCUT2D eigenvalue weighted by molar-refractivity contribution is 5.73. The molecular formula is C43H74N2O16. The Hall–Kier alpha value is -2.84. The molecule has 0 aromatic heterocycles. The third-order valence-corrected chi connectivity index (χ3v) is 13.3. The van der Waals surface area contributed by atoms with Gasteiger partial charge in [0.25, 0.3) is 0 Å². The highest BCUT2D eigenvalue weighted by Gasteiger charge is 2.58. The summed E-state index contributed by atoms with van der Waals surface area (Å²) in [6, 6.07) is -0.680. The minimum absolute atomic E-state index is 0.0522. The van der Waals surface area contributed by atoms with Crippen LogP contribution in [0.5, 0.6) is 0 Å². The number of likely N-dealkylation sites (N-methyl/N-ethyl adjacent to an activating group) is 2. The second kappa shape index (κ2) is 20.3. The van der Waals surface area contributed by atoms with Gasteiger partial charge in [-0.25, -0.2) is 9.59 Å². The minimum Gasteiger partial charge on any atom is -0.458 e. The van der Waals surface area contributed by atoms with Crippen LogP contribution >= 0.6 is 0 Å². The van der Waals surface area contributed by atoms with Crippen LogP contribution in [-0.4, -0.2) is 171 Å². The van der Waals surface area contributed by atoms with Crippen LogP contribution in [0.1, 0.15) is 102 Å². The predicted octanol–water partition coefficient (Wildman–Crippen LogP) is 4.44. The first-order valence-electron chi connectivity index (χ1n) is 21.6. The number of esters is 2. The van der Waals surface area contributed by atoms with Crippen LogP contribution in [0.25, 0.3) is 0 Å². The number of cyclic esters (lactones) is 1. The molecule has 4 fully saturated rings. The van der Waals surface area contributed by atoms with Gasteiger partial charge in [0.15, 0.2) is 36.5 Å². The van der Waals surface area contributed by atoms with E-state index in [9.17, 15) is 24.3 Å². The van der Waals surface area contributed by atoms with E-state index in [1.807, 2.05) is 65.6 Å². The van der Waals surface area contributed by atoms with Crippen molar-refractivity contribution >= 4 is 24.2 Å². The molecule has 4 rings (SSSR count). The number of carbonyl (C=O) groups is 4.